The largest absolute Gasteiger partial charge is 0.257 e. The summed E-state index contributed by atoms with van der Waals surface area (Å²) in [6, 6.07) is 0. The van der Waals surface area contributed by atoms with E-state index in [9.17, 15) is 0 Å². The summed E-state index contributed by atoms with van der Waals surface area (Å²) in [5, 5.41) is 6.03. The molecule has 0 aliphatic heterocycles. The standard InChI is InChI=1S/C9H14BrClN2/c1-6(5-10)4-8-7(2)12-13(3)9(8)11/h6H,4-5H2,1-3H3. The summed E-state index contributed by atoms with van der Waals surface area (Å²) in [6.07, 6.45) is 0.990. The molecule has 0 saturated carbocycles. The minimum Gasteiger partial charge on any atom is -0.257 e. The molecule has 74 valence electrons. The number of nitrogens with zero attached hydrogens (tertiary/aromatic N) is 2. The minimum atomic E-state index is 0.598. The third-order valence-electron chi connectivity index (χ3n) is 2.09. The van der Waals surface area contributed by atoms with Gasteiger partial charge in [-0.05, 0) is 19.3 Å². The van der Waals surface area contributed by atoms with Gasteiger partial charge in [0.05, 0.1) is 5.69 Å². The number of halogens is 2. The second kappa shape index (κ2) is 4.47. The number of alkyl halides is 1. The van der Waals surface area contributed by atoms with Gasteiger partial charge in [0, 0.05) is 17.9 Å². The monoisotopic (exact) mass is 264 g/mol. The van der Waals surface area contributed by atoms with E-state index in [1.165, 1.54) is 5.56 Å². The van der Waals surface area contributed by atoms with E-state index in [4.69, 9.17) is 11.6 Å². The molecule has 1 aromatic heterocycles. The Hall–Kier alpha value is -0.0200. The summed E-state index contributed by atoms with van der Waals surface area (Å²) in [5.74, 6) is 0.598. The van der Waals surface area contributed by atoms with Gasteiger partial charge in [-0.3, -0.25) is 4.68 Å². The van der Waals surface area contributed by atoms with E-state index in [0.717, 1.165) is 22.6 Å². The summed E-state index contributed by atoms with van der Waals surface area (Å²) in [7, 11) is 1.87. The van der Waals surface area contributed by atoms with Crippen LogP contribution in [-0.2, 0) is 13.5 Å². The lowest BCUT2D eigenvalue weighted by atomic mass is 10.0. The van der Waals surface area contributed by atoms with E-state index in [-0.39, 0.29) is 0 Å². The van der Waals surface area contributed by atoms with Gasteiger partial charge < -0.3 is 0 Å². The molecule has 1 atom stereocenters. The maximum absolute atomic E-state index is 6.10. The van der Waals surface area contributed by atoms with Crippen LogP contribution in [0.25, 0.3) is 0 Å². The van der Waals surface area contributed by atoms with Crippen LogP contribution in [-0.4, -0.2) is 15.1 Å². The summed E-state index contributed by atoms with van der Waals surface area (Å²) in [5.41, 5.74) is 2.22. The van der Waals surface area contributed by atoms with E-state index < -0.39 is 0 Å². The molecule has 1 unspecified atom stereocenters. The average molecular weight is 266 g/mol. The Bertz CT molecular complexity index is 296. The van der Waals surface area contributed by atoms with Crippen molar-refractivity contribution in [1.82, 2.24) is 9.78 Å². The quantitative estimate of drug-likeness (QED) is 0.769. The van der Waals surface area contributed by atoms with Crippen molar-refractivity contribution in [2.24, 2.45) is 13.0 Å². The van der Waals surface area contributed by atoms with Crippen molar-refractivity contribution in [3.05, 3.63) is 16.4 Å². The molecule has 0 aromatic carbocycles. The molecule has 0 amide bonds. The average Bonchev–Trinajstić information content (AvgIpc) is 2.32. The first-order chi connectivity index (χ1) is 6.06. The maximum atomic E-state index is 6.10. The fourth-order valence-corrected chi connectivity index (χ4v) is 1.79. The molecule has 0 bridgehead atoms. The topological polar surface area (TPSA) is 17.8 Å². The highest BCUT2D eigenvalue weighted by molar-refractivity contribution is 9.09. The minimum absolute atomic E-state index is 0.598. The highest BCUT2D eigenvalue weighted by Crippen LogP contribution is 2.22. The molecule has 0 radical (unpaired) electrons. The van der Waals surface area contributed by atoms with Crippen molar-refractivity contribution in [3.8, 4) is 0 Å². The summed E-state index contributed by atoms with van der Waals surface area (Å²) in [4.78, 5) is 0. The predicted octanol–water partition coefficient (Wildman–Crippen LogP) is 2.96. The van der Waals surface area contributed by atoms with Crippen LogP contribution in [0.4, 0.5) is 0 Å². The van der Waals surface area contributed by atoms with Crippen molar-refractivity contribution < 1.29 is 0 Å². The first kappa shape index (κ1) is 11.1. The van der Waals surface area contributed by atoms with E-state index in [1.807, 2.05) is 14.0 Å². The van der Waals surface area contributed by atoms with E-state index in [1.54, 1.807) is 4.68 Å². The zero-order chi connectivity index (χ0) is 10.0. The Balaban J connectivity index is 2.87. The van der Waals surface area contributed by atoms with Gasteiger partial charge in [-0.15, -0.1) is 0 Å². The molecule has 0 saturated heterocycles. The third kappa shape index (κ3) is 2.47. The fourth-order valence-electron chi connectivity index (χ4n) is 1.31. The zero-order valence-corrected chi connectivity index (χ0v) is 10.5. The van der Waals surface area contributed by atoms with Gasteiger partial charge in [0.2, 0.25) is 0 Å². The lowest BCUT2D eigenvalue weighted by Gasteiger charge is -2.06. The molecule has 0 N–H and O–H groups in total. The van der Waals surface area contributed by atoms with Crippen molar-refractivity contribution in [2.45, 2.75) is 20.3 Å². The Morgan fingerprint density at radius 2 is 2.23 bits per heavy atom. The highest BCUT2D eigenvalue weighted by atomic mass is 79.9. The molecule has 1 aromatic rings. The molecule has 0 aliphatic rings. The van der Waals surface area contributed by atoms with E-state index in [2.05, 4.69) is 28.0 Å². The van der Waals surface area contributed by atoms with Gasteiger partial charge in [0.25, 0.3) is 0 Å². The molecular weight excluding hydrogens is 251 g/mol. The number of hydrogen-bond donors (Lipinski definition) is 0. The van der Waals surface area contributed by atoms with Crippen LogP contribution < -0.4 is 0 Å². The molecule has 4 heteroatoms. The number of hydrogen-bond acceptors (Lipinski definition) is 1. The summed E-state index contributed by atoms with van der Waals surface area (Å²) < 4.78 is 1.73. The van der Waals surface area contributed by atoms with Crippen LogP contribution in [0, 0.1) is 12.8 Å². The first-order valence-electron chi connectivity index (χ1n) is 4.30. The summed E-state index contributed by atoms with van der Waals surface area (Å²) >= 11 is 9.56. The molecule has 0 spiro atoms. The highest BCUT2D eigenvalue weighted by Gasteiger charge is 2.13. The molecule has 1 rings (SSSR count). The zero-order valence-electron chi connectivity index (χ0n) is 8.14. The second-order valence-corrected chi connectivity index (χ2v) is 4.45. The van der Waals surface area contributed by atoms with Gasteiger partial charge in [0.15, 0.2) is 0 Å². The smallest absolute Gasteiger partial charge is 0.130 e. The predicted molar refractivity (Wildman–Crippen MR) is 59.6 cm³/mol. The fraction of sp³-hybridized carbons (Fsp3) is 0.667. The molecule has 1 heterocycles. The Labute approximate surface area is 92.4 Å². The lowest BCUT2D eigenvalue weighted by molar-refractivity contribution is 0.660. The Kier molecular flexibility index (Phi) is 3.80. The van der Waals surface area contributed by atoms with Crippen molar-refractivity contribution in [2.75, 3.05) is 5.33 Å². The number of rotatable bonds is 3. The van der Waals surface area contributed by atoms with E-state index >= 15 is 0 Å². The maximum Gasteiger partial charge on any atom is 0.130 e. The van der Waals surface area contributed by atoms with Crippen LogP contribution in [0.15, 0.2) is 0 Å². The van der Waals surface area contributed by atoms with Gasteiger partial charge in [-0.2, -0.15) is 5.10 Å². The molecular formula is C9H14BrClN2. The Morgan fingerprint density at radius 1 is 1.62 bits per heavy atom. The second-order valence-electron chi connectivity index (χ2n) is 3.44. The SMILES string of the molecule is Cc1nn(C)c(Cl)c1CC(C)CBr. The molecule has 2 nitrogen and oxygen atoms in total. The van der Waals surface area contributed by atoms with Crippen LogP contribution >= 0.6 is 27.5 Å². The van der Waals surface area contributed by atoms with E-state index in [0.29, 0.717) is 5.92 Å². The third-order valence-corrected chi connectivity index (χ3v) is 3.66. The van der Waals surface area contributed by atoms with Crippen molar-refractivity contribution >= 4 is 27.5 Å². The molecule has 0 fully saturated rings. The van der Waals surface area contributed by atoms with Crippen LogP contribution in [0.1, 0.15) is 18.2 Å². The van der Waals surface area contributed by atoms with Gasteiger partial charge in [0.1, 0.15) is 5.15 Å². The number of aromatic nitrogens is 2. The summed E-state index contributed by atoms with van der Waals surface area (Å²) in [6.45, 7) is 4.19. The normalized spacial score (nSPS) is 13.3. The first-order valence-corrected chi connectivity index (χ1v) is 5.80. The van der Waals surface area contributed by atoms with Gasteiger partial charge in [-0.1, -0.05) is 34.5 Å². The van der Waals surface area contributed by atoms with Crippen LogP contribution in [0.2, 0.25) is 5.15 Å². The molecule has 0 aliphatic carbocycles. The van der Waals surface area contributed by atoms with Crippen molar-refractivity contribution in [3.63, 3.8) is 0 Å². The van der Waals surface area contributed by atoms with Gasteiger partial charge in [-0.25, -0.2) is 0 Å². The van der Waals surface area contributed by atoms with Crippen molar-refractivity contribution in [1.29, 1.82) is 0 Å². The van der Waals surface area contributed by atoms with Crippen LogP contribution in [0.3, 0.4) is 0 Å². The van der Waals surface area contributed by atoms with Crippen LogP contribution in [0.5, 0.6) is 0 Å². The number of aryl methyl sites for hydroxylation is 2. The Morgan fingerprint density at radius 3 is 2.62 bits per heavy atom. The van der Waals surface area contributed by atoms with Gasteiger partial charge >= 0.3 is 0 Å². The molecule has 13 heavy (non-hydrogen) atoms. The lowest BCUT2D eigenvalue weighted by Crippen LogP contribution is -2.01.